The van der Waals surface area contributed by atoms with Crippen molar-refractivity contribution in [2.24, 2.45) is 5.41 Å². The Morgan fingerprint density at radius 2 is 2.00 bits per heavy atom. The molecule has 5 heteroatoms. The number of rotatable bonds is 6. The molecule has 0 saturated carbocycles. The smallest absolute Gasteiger partial charge is 0.226 e. The highest BCUT2D eigenvalue weighted by atomic mass is 16.3. The van der Waals surface area contributed by atoms with Gasteiger partial charge in [-0.3, -0.25) is 4.79 Å². The van der Waals surface area contributed by atoms with Gasteiger partial charge in [0.15, 0.2) is 0 Å². The van der Waals surface area contributed by atoms with Crippen LogP contribution in [0.4, 0.5) is 0 Å². The zero-order valence-corrected chi connectivity index (χ0v) is 13.4. The van der Waals surface area contributed by atoms with Gasteiger partial charge in [0.05, 0.1) is 19.6 Å². The number of aliphatic hydroxyl groups excluding tert-OH is 2. The Morgan fingerprint density at radius 3 is 2.64 bits per heavy atom. The molecule has 1 aromatic carbocycles. The normalized spacial score (nSPS) is 11.9. The van der Waals surface area contributed by atoms with Crippen LogP contribution in [0, 0.1) is 12.3 Å². The quantitative estimate of drug-likeness (QED) is 0.756. The van der Waals surface area contributed by atoms with Crippen molar-refractivity contribution in [2.45, 2.75) is 20.3 Å². The highest BCUT2D eigenvalue weighted by Crippen LogP contribution is 2.23. The number of benzene rings is 1. The first-order valence-corrected chi connectivity index (χ1v) is 7.41. The maximum atomic E-state index is 12.4. The number of nitrogens with one attached hydrogen (secondary N) is 1. The maximum absolute atomic E-state index is 12.4. The van der Waals surface area contributed by atoms with Crippen LogP contribution in [-0.4, -0.2) is 52.8 Å². The summed E-state index contributed by atoms with van der Waals surface area (Å²) in [6.45, 7) is 3.79. The van der Waals surface area contributed by atoms with E-state index in [1.807, 2.05) is 31.3 Å². The van der Waals surface area contributed by atoms with Crippen LogP contribution in [0.1, 0.15) is 18.1 Å². The van der Waals surface area contributed by atoms with Crippen LogP contribution in [0.15, 0.2) is 24.4 Å². The fourth-order valence-electron chi connectivity index (χ4n) is 2.70. The fraction of sp³-hybridized carbons (Fsp3) is 0.471. The van der Waals surface area contributed by atoms with E-state index < -0.39 is 5.41 Å². The standard InChI is InChI=1S/C17H24N2O3/c1-12-5-4-6-14-16(12)13(8-18-14)7-15(22)19(3)9-17(2,10-20)11-21/h4-6,8,18,20-21H,7,9-11H2,1-3H3. The Bertz CT molecular complexity index is 659. The van der Waals surface area contributed by atoms with E-state index in [-0.39, 0.29) is 19.1 Å². The minimum atomic E-state index is -0.680. The van der Waals surface area contributed by atoms with Gasteiger partial charge in [-0.25, -0.2) is 0 Å². The second kappa shape index (κ2) is 6.50. The maximum Gasteiger partial charge on any atom is 0.226 e. The predicted octanol–water partition coefficient (Wildman–Crippen LogP) is 1.47. The van der Waals surface area contributed by atoms with Crippen LogP contribution < -0.4 is 0 Å². The van der Waals surface area contributed by atoms with E-state index in [1.165, 1.54) is 0 Å². The van der Waals surface area contributed by atoms with Crippen LogP contribution >= 0.6 is 0 Å². The van der Waals surface area contributed by atoms with Crippen LogP contribution in [0.3, 0.4) is 0 Å². The number of hydrogen-bond donors (Lipinski definition) is 3. The van der Waals surface area contributed by atoms with Crippen LogP contribution in [-0.2, 0) is 11.2 Å². The zero-order valence-electron chi connectivity index (χ0n) is 13.4. The number of carbonyl (C=O) groups excluding carboxylic acids is 1. The molecule has 0 saturated heterocycles. The number of carbonyl (C=O) groups is 1. The first kappa shape index (κ1) is 16.5. The molecule has 0 aliphatic carbocycles. The number of aryl methyl sites for hydroxylation is 1. The molecule has 0 spiro atoms. The van der Waals surface area contributed by atoms with E-state index >= 15 is 0 Å². The Labute approximate surface area is 130 Å². The van der Waals surface area contributed by atoms with Gasteiger partial charge < -0.3 is 20.1 Å². The first-order valence-electron chi connectivity index (χ1n) is 7.41. The molecule has 0 radical (unpaired) electrons. The number of aliphatic hydroxyl groups is 2. The van der Waals surface area contributed by atoms with Crippen molar-refractivity contribution >= 4 is 16.8 Å². The van der Waals surface area contributed by atoms with Crippen LogP contribution in [0.2, 0.25) is 0 Å². The molecule has 0 bridgehead atoms. The number of amides is 1. The lowest BCUT2D eigenvalue weighted by Crippen LogP contribution is -2.42. The first-order chi connectivity index (χ1) is 10.4. The minimum Gasteiger partial charge on any atom is -0.396 e. The third kappa shape index (κ3) is 3.31. The lowest BCUT2D eigenvalue weighted by atomic mass is 9.92. The van der Waals surface area contributed by atoms with Gasteiger partial charge in [-0.05, 0) is 24.1 Å². The van der Waals surface area contributed by atoms with Gasteiger partial charge in [-0.2, -0.15) is 0 Å². The van der Waals surface area contributed by atoms with Crippen molar-refractivity contribution in [1.82, 2.24) is 9.88 Å². The second-order valence-corrected chi connectivity index (χ2v) is 6.36. The van der Waals surface area contributed by atoms with Crippen molar-refractivity contribution in [1.29, 1.82) is 0 Å². The number of likely N-dealkylation sites (N-methyl/N-ethyl adjacent to an activating group) is 1. The largest absolute Gasteiger partial charge is 0.396 e. The molecule has 2 rings (SSSR count). The third-order valence-corrected chi connectivity index (χ3v) is 4.15. The molecule has 1 amide bonds. The molecule has 22 heavy (non-hydrogen) atoms. The Hall–Kier alpha value is -1.85. The number of fused-ring (bicyclic) bond motifs is 1. The van der Waals surface area contributed by atoms with Gasteiger partial charge in [-0.15, -0.1) is 0 Å². The predicted molar refractivity (Wildman–Crippen MR) is 86.7 cm³/mol. The van der Waals surface area contributed by atoms with Gasteiger partial charge in [-0.1, -0.05) is 19.1 Å². The van der Waals surface area contributed by atoms with Crippen LogP contribution in [0.25, 0.3) is 10.9 Å². The molecule has 0 unspecified atom stereocenters. The summed E-state index contributed by atoms with van der Waals surface area (Å²) in [5, 5.41) is 19.8. The monoisotopic (exact) mass is 304 g/mol. The molecule has 3 N–H and O–H groups in total. The number of nitrogens with zero attached hydrogens (tertiary/aromatic N) is 1. The second-order valence-electron chi connectivity index (χ2n) is 6.36. The van der Waals surface area contributed by atoms with E-state index in [2.05, 4.69) is 4.98 Å². The van der Waals surface area contributed by atoms with Crippen molar-refractivity contribution in [2.75, 3.05) is 26.8 Å². The van der Waals surface area contributed by atoms with Gasteiger partial charge >= 0.3 is 0 Å². The molecule has 120 valence electrons. The van der Waals surface area contributed by atoms with Crippen LogP contribution in [0.5, 0.6) is 0 Å². The average molecular weight is 304 g/mol. The number of aromatic amines is 1. The van der Waals surface area contributed by atoms with Crippen molar-refractivity contribution in [3.05, 3.63) is 35.5 Å². The minimum absolute atomic E-state index is 0.0303. The van der Waals surface area contributed by atoms with Crippen molar-refractivity contribution in [3.63, 3.8) is 0 Å². The summed E-state index contributed by atoms with van der Waals surface area (Å²) in [7, 11) is 1.70. The summed E-state index contributed by atoms with van der Waals surface area (Å²) in [5.41, 5.74) is 2.46. The molecular formula is C17H24N2O3. The summed E-state index contributed by atoms with van der Waals surface area (Å²) in [4.78, 5) is 17.2. The van der Waals surface area contributed by atoms with Gasteiger partial charge in [0.1, 0.15) is 0 Å². The molecule has 1 aromatic heterocycles. The Kier molecular flexibility index (Phi) is 4.88. The Balaban J connectivity index is 2.14. The molecule has 0 atom stereocenters. The van der Waals surface area contributed by atoms with Gasteiger partial charge in [0, 0.05) is 36.1 Å². The summed E-state index contributed by atoms with van der Waals surface area (Å²) < 4.78 is 0. The van der Waals surface area contributed by atoms with E-state index in [4.69, 9.17) is 0 Å². The summed E-state index contributed by atoms with van der Waals surface area (Å²) in [6, 6.07) is 6.01. The molecule has 0 aliphatic heterocycles. The van der Waals surface area contributed by atoms with E-state index in [9.17, 15) is 15.0 Å². The molecule has 2 aromatic rings. The number of hydrogen-bond acceptors (Lipinski definition) is 3. The average Bonchev–Trinajstić information content (AvgIpc) is 2.91. The topological polar surface area (TPSA) is 76.6 Å². The highest BCUT2D eigenvalue weighted by Gasteiger charge is 2.26. The number of H-pyrrole nitrogens is 1. The van der Waals surface area contributed by atoms with Crippen molar-refractivity contribution in [3.8, 4) is 0 Å². The van der Waals surface area contributed by atoms with E-state index in [0.717, 1.165) is 22.0 Å². The molecule has 5 nitrogen and oxygen atoms in total. The SMILES string of the molecule is Cc1cccc2[nH]cc(CC(=O)N(C)CC(C)(CO)CO)c12. The van der Waals surface area contributed by atoms with Gasteiger partial charge in [0.25, 0.3) is 0 Å². The summed E-state index contributed by atoms with van der Waals surface area (Å²) >= 11 is 0. The van der Waals surface area contributed by atoms with Gasteiger partial charge in [0.2, 0.25) is 5.91 Å². The molecule has 1 heterocycles. The fourth-order valence-corrected chi connectivity index (χ4v) is 2.70. The lowest BCUT2D eigenvalue weighted by Gasteiger charge is -2.30. The molecule has 0 fully saturated rings. The third-order valence-electron chi connectivity index (χ3n) is 4.15. The zero-order chi connectivity index (χ0) is 16.3. The molecule has 0 aliphatic rings. The Morgan fingerprint density at radius 1 is 1.32 bits per heavy atom. The molecular weight excluding hydrogens is 280 g/mol. The highest BCUT2D eigenvalue weighted by molar-refractivity contribution is 5.91. The van der Waals surface area contributed by atoms with E-state index in [1.54, 1.807) is 18.9 Å². The lowest BCUT2D eigenvalue weighted by molar-refractivity contribution is -0.131. The van der Waals surface area contributed by atoms with Crippen molar-refractivity contribution < 1.29 is 15.0 Å². The summed E-state index contributed by atoms with van der Waals surface area (Å²) in [5.74, 6) is -0.0303. The number of aromatic nitrogens is 1. The summed E-state index contributed by atoms with van der Waals surface area (Å²) in [6.07, 6.45) is 2.18. The van der Waals surface area contributed by atoms with E-state index in [0.29, 0.717) is 13.0 Å².